The van der Waals surface area contributed by atoms with Gasteiger partial charge in [0.15, 0.2) is 0 Å². The summed E-state index contributed by atoms with van der Waals surface area (Å²) in [5, 5.41) is 13.6. The first kappa shape index (κ1) is 13.5. The molecule has 1 N–H and O–H groups in total. The molecule has 0 aliphatic carbocycles. The summed E-state index contributed by atoms with van der Waals surface area (Å²) in [6.07, 6.45) is -4.44. The lowest BCUT2D eigenvalue weighted by Crippen LogP contribution is -2.21. The quantitative estimate of drug-likeness (QED) is 0.694. The summed E-state index contributed by atoms with van der Waals surface area (Å²) in [4.78, 5) is 14.2. The number of rotatable bonds is 3. The zero-order valence-electron chi connectivity index (χ0n) is 9.61. The SMILES string of the molecule is Cc1nc2cc(NCC(F)(F)F)c([N+](=O)[O-])cc2s1. The average molecular weight is 291 g/mol. The van der Waals surface area contributed by atoms with E-state index in [1.807, 2.05) is 5.32 Å². The standard InChI is InChI=1S/C10H8F3N3O2S/c1-5-15-7-2-6(14-4-10(11,12)13)8(16(17)18)3-9(7)19-5/h2-3,14H,4H2,1H3. The number of hydrogen-bond acceptors (Lipinski definition) is 5. The Morgan fingerprint density at radius 2 is 2.16 bits per heavy atom. The highest BCUT2D eigenvalue weighted by atomic mass is 32.1. The Morgan fingerprint density at radius 3 is 2.74 bits per heavy atom. The summed E-state index contributed by atoms with van der Waals surface area (Å²) in [7, 11) is 0. The van der Waals surface area contributed by atoms with Gasteiger partial charge in [-0.05, 0) is 13.0 Å². The maximum absolute atomic E-state index is 12.1. The van der Waals surface area contributed by atoms with E-state index in [0.717, 1.165) is 0 Å². The molecule has 0 saturated carbocycles. The van der Waals surface area contributed by atoms with Crippen LogP contribution in [-0.2, 0) is 0 Å². The number of nitrogens with zero attached hydrogens (tertiary/aromatic N) is 2. The maximum atomic E-state index is 12.1. The van der Waals surface area contributed by atoms with Crippen LogP contribution in [0.3, 0.4) is 0 Å². The molecule has 5 nitrogen and oxygen atoms in total. The first-order valence-electron chi connectivity index (χ1n) is 5.12. The van der Waals surface area contributed by atoms with E-state index in [0.29, 0.717) is 15.2 Å². The summed E-state index contributed by atoms with van der Waals surface area (Å²) in [5.74, 6) is 0. The number of alkyl halides is 3. The van der Waals surface area contributed by atoms with Crippen LogP contribution in [-0.4, -0.2) is 22.6 Å². The largest absolute Gasteiger partial charge is 0.405 e. The summed E-state index contributed by atoms with van der Waals surface area (Å²) in [6, 6.07) is 2.50. The Balaban J connectivity index is 2.44. The number of benzene rings is 1. The van der Waals surface area contributed by atoms with Crippen LogP contribution in [0.5, 0.6) is 0 Å². The molecule has 0 fully saturated rings. The Bertz CT molecular complexity index is 639. The van der Waals surface area contributed by atoms with E-state index in [1.54, 1.807) is 6.92 Å². The second-order valence-corrected chi connectivity index (χ2v) is 5.03. The zero-order chi connectivity index (χ0) is 14.2. The van der Waals surface area contributed by atoms with E-state index in [-0.39, 0.29) is 11.4 Å². The van der Waals surface area contributed by atoms with Crippen molar-refractivity contribution < 1.29 is 18.1 Å². The minimum Gasteiger partial charge on any atom is -0.371 e. The molecule has 0 unspecified atom stereocenters. The normalized spacial score (nSPS) is 11.8. The molecule has 0 amide bonds. The number of thiazole rings is 1. The molecule has 0 bridgehead atoms. The van der Waals surface area contributed by atoms with Gasteiger partial charge in [-0.3, -0.25) is 10.1 Å². The van der Waals surface area contributed by atoms with Crippen LogP contribution in [0.1, 0.15) is 5.01 Å². The highest BCUT2D eigenvalue weighted by Gasteiger charge is 2.28. The molecule has 0 radical (unpaired) electrons. The van der Waals surface area contributed by atoms with Crippen LogP contribution < -0.4 is 5.32 Å². The van der Waals surface area contributed by atoms with Crippen LogP contribution in [0.2, 0.25) is 0 Å². The highest BCUT2D eigenvalue weighted by Crippen LogP contribution is 2.33. The number of anilines is 1. The van der Waals surface area contributed by atoms with Crippen molar-refractivity contribution in [2.24, 2.45) is 0 Å². The van der Waals surface area contributed by atoms with Gasteiger partial charge in [0.2, 0.25) is 0 Å². The van der Waals surface area contributed by atoms with Crippen molar-refractivity contribution in [2.75, 3.05) is 11.9 Å². The van der Waals surface area contributed by atoms with Crippen molar-refractivity contribution in [3.63, 3.8) is 0 Å². The molecule has 19 heavy (non-hydrogen) atoms. The molecule has 0 aliphatic heterocycles. The van der Waals surface area contributed by atoms with Gasteiger partial charge >= 0.3 is 6.18 Å². The second kappa shape index (κ2) is 4.65. The van der Waals surface area contributed by atoms with Crippen molar-refractivity contribution in [1.82, 2.24) is 4.98 Å². The van der Waals surface area contributed by atoms with E-state index < -0.39 is 17.6 Å². The fraction of sp³-hybridized carbons (Fsp3) is 0.300. The molecule has 102 valence electrons. The fourth-order valence-electron chi connectivity index (χ4n) is 1.57. The summed E-state index contributed by atoms with van der Waals surface area (Å²) < 4.78 is 37.0. The lowest BCUT2D eigenvalue weighted by atomic mass is 10.2. The van der Waals surface area contributed by atoms with Crippen LogP contribution in [0.25, 0.3) is 10.2 Å². The summed E-state index contributed by atoms with van der Waals surface area (Å²) in [5.41, 5.74) is -0.127. The molecular formula is C10H8F3N3O2S. The van der Waals surface area contributed by atoms with E-state index >= 15 is 0 Å². The van der Waals surface area contributed by atoms with Gasteiger partial charge in [-0.25, -0.2) is 4.98 Å². The number of nitrogens with one attached hydrogen (secondary N) is 1. The van der Waals surface area contributed by atoms with Gasteiger partial charge in [0, 0.05) is 6.07 Å². The van der Waals surface area contributed by atoms with Crippen LogP contribution in [0.15, 0.2) is 12.1 Å². The first-order chi connectivity index (χ1) is 8.76. The number of fused-ring (bicyclic) bond motifs is 1. The van der Waals surface area contributed by atoms with Gasteiger partial charge < -0.3 is 5.32 Å². The molecule has 1 aromatic heterocycles. The Kier molecular flexibility index (Phi) is 3.31. The van der Waals surface area contributed by atoms with Gasteiger partial charge in [0.25, 0.3) is 5.69 Å². The summed E-state index contributed by atoms with van der Waals surface area (Å²) >= 11 is 1.25. The molecular weight excluding hydrogens is 283 g/mol. The van der Waals surface area contributed by atoms with Crippen molar-refractivity contribution in [2.45, 2.75) is 13.1 Å². The molecule has 2 rings (SSSR count). The fourth-order valence-corrected chi connectivity index (χ4v) is 2.41. The Hall–Kier alpha value is -1.90. The van der Waals surface area contributed by atoms with Crippen LogP contribution in [0, 0.1) is 17.0 Å². The lowest BCUT2D eigenvalue weighted by Gasteiger charge is -2.09. The third kappa shape index (κ3) is 3.11. The third-order valence-electron chi connectivity index (χ3n) is 2.29. The lowest BCUT2D eigenvalue weighted by molar-refractivity contribution is -0.383. The smallest absolute Gasteiger partial charge is 0.371 e. The topological polar surface area (TPSA) is 68.1 Å². The number of hydrogen-bond donors (Lipinski definition) is 1. The Labute approximate surface area is 109 Å². The average Bonchev–Trinajstić information content (AvgIpc) is 2.62. The number of aryl methyl sites for hydroxylation is 1. The molecule has 0 atom stereocenters. The number of nitro groups is 1. The van der Waals surface area contributed by atoms with Gasteiger partial charge in [-0.2, -0.15) is 13.2 Å². The predicted octanol–water partition coefficient (Wildman–Crippen LogP) is 3.49. The predicted molar refractivity (Wildman–Crippen MR) is 65.6 cm³/mol. The number of halogens is 3. The van der Waals surface area contributed by atoms with Crippen LogP contribution in [0.4, 0.5) is 24.5 Å². The van der Waals surface area contributed by atoms with Gasteiger partial charge in [-0.1, -0.05) is 0 Å². The molecule has 0 saturated heterocycles. The molecule has 1 aromatic carbocycles. The maximum Gasteiger partial charge on any atom is 0.405 e. The van der Waals surface area contributed by atoms with Crippen molar-refractivity contribution in [1.29, 1.82) is 0 Å². The van der Waals surface area contributed by atoms with E-state index in [2.05, 4.69) is 4.98 Å². The van der Waals surface area contributed by atoms with Gasteiger partial charge in [0.05, 0.1) is 20.1 Å². The number of nitro benzene ring substituents is 1. The highest BCUT2D eigenvalue weighted by molar-refractivity contribution is 7.18. The molecule has 2 aromatic rings. The first-order valence-corrected chi connectivity index (χ1v) is 5.94. The minimum absolute atomic E-state index is 0.180. The van der Waals surface area contributed by atoms with Gasteiger partial charge in [-0.15, -0.1) is 11.3 Å². The van der Waals surface area contributed by atoms with E-state index in [9.17, 15) is 23.3 Å². The van der Waals surface area contributed by atoms with E-state index in [4.69, 9.17) is 0 Å². The molecule has 0 aliphatic rings. The van der Waals surface area contributed by atoms with Crippen molar-refractivity contribution in [3.8, 4) is 0 Å². The third-order valence-corrected chi connectivity index (χ3v) is 3.22. The second-order valence-electron chi connectivity index (χ2n) is 3.80. The monoisotopic (exact) mass is 291 g/mol. The molecule has 1 heterocycles. The molecule has 9 heteroatoms. The van der Waals surface area contributed by atoms with E-state index in [1.165, 1.54) is 23.5 Å². The minimum atomic E-state index is -4.44. The van der Waals surface area contributed by atoms with Crippen LogP contribution >= 0.6 is 11.3 Å². The Morgan fingerprint density at radius 1 is 1.47 bits per heavy atom. The molecule has 0 spiro atoms. The van der Waals surface area contributed by atoms with Crippen molar-refractivity contribution >= 4 is 32.9 Å². The zero-order valence-corrected chi connectivity index (χ0v) is 10.4. The summed E-state index contributed by atoms with van der Waals surface area (Å²) in [6.45, 7) is 0.391. The van der Waals surface area contributed by atoms with Crippen molar-refractivity contribution in [3.05, 3.63) is 27.3 Å². The number of aromatic nitrogens is 1. The van der Waals surface area contributed by atoms with Gasteiger partial charge in [0.1, 0.15) is 12.2 Å².